The van der Waals surface area contributed by atoms with Gasteiger partial charge in [-0.3, -0.25) is 0 Å². The molecule has 27 heavy (non-hydrogen) atoms. The fraction of sp³-hybridized carbons (Fsp3) is 0.150. The minimum absolute atomic E-state index is 0.107. The van der Waals surface area contributed by atoms with Crippen LogP contribution in [0.1, 0.15) is 5.56 Å². The van der Waals surface area contributed by atoms with Crippen LogP contribution >= 0.6 is 11.3 Å². The normalized spacial score (nSPS) is 12.2. The SMILES string of the molecule is NCC(Cc1ccccc1)Nc1nnc(-c2ccc3c(N)nccc3c2)s1. The van der Waals surface area contributed by atoms with Crippen molar-refractivity contribution in [3.63, 3.8) is 0 Å². The Hall–Kier alpha value is -3.03. The number of nitrogens with two attached hydrogens (primary N) is 2. The molecule has 0 bridgehead atoms. The number of nitrogens with one attached hydrogen (secondary N) is 1. The molecular weight excluding hydrogens is 356 g/mol. The van der Waals surface area contributed by atoms with E-state index in [1.807, 2.05) is 36.4 Å². The molecule has 2 aromatic heterocycles. The summed E-state index contributed by atoms with van der Waals surface area (Å²) in [6.07, 6.45) is 2.55. The summed E-state index contributed by atoms with van der Waals surface area (Å²) in [4.78, 5) is 4.12. The summed E-state index contributed by atoms with van der Waals surface area (Å²) in [7, 11) is 0. The number of aromatic nitrogens is 3. The highest BCUT2D eigenvalue weighted by Crippen LogP contribution is 2.30. The number of hydrogen-bond donors (Lipinski definition) is 3. The number of nitrogen functional groups attached to an aromatic ring is 1. The van der Waals surface area contributed by atoms with Crippen molar-refractivity contribution in [1.29, 1.82) is 0 Å². The zero-order valence-corrected chi connectivity index (χ0v) is 15.5. The van der Waals surface area contributed by atoms with Crippen molar-refractivity contribution in [2.24, 2.45) is 5.73 Å². The molecule has 1 atom stereocenters. The lowest BCUT2D eigenvalue weighted by molar-refractivity contribution is 0.721. The molecule has 4 aromatic rings. The van der Waals surface area contributed by atoms with Gasteiger partial charge in [-0.2, -0.15) is 0 Å². The molecule has 0 spiro atoms. The monoisotopic (exact) mass is 376 g/mol. The van der Waals surface area contributed by atoms with Gasteiger partial charge in [0.25, 0.3) is 0 Å². The third-order valence-corrected chi connectivity index (χ3v) is 5.31. The maximum Gasteiger partial charge on any atom is 0.206 e. The maximum absolute atomic E-state index is 5.94. The molecule has 5 N–H and O–H groups in total. The Morgan fingerprint density at radius 1 is 1.04 bits per heavy atom. The van der Waals surface area contributed by atoms with Crippen LogP contribution in [0.2, 0.25) is 0 Å². The van der Waals surface area contributed by atoms with E-state index in [2.05, 4.69) is 38.7 Å². The molecule has 0 amide bonds. The van der Waals surface area contributed by atoms with Crippen molar-refractivity contribution in [3.8, 4) is 10.6 Å². The predicted molar refractivity (Wildman–Crippen MR) is 112 cm³/mol. The smallest absolute Gasteiger partial charge is 0.206 e. The molecule has 0 aliphatic heterocycles. The van der Waals surface area contributed by atoms with Gasteiger partial charge in [-0.15, -0.1) is 10.2 Å². The van der Waals surface area contributed by atoms with E-state index in [1.165, 1.54) is 16.9 Å². The Morgan fingerprint density at radius 2 is 1.89 bits per heavy atom. The third kappa shape index (κ3) is 3.89. The van der Waals surface area contributed by atoms with Crippen LogP contribution in [0, 0.1) is 0 Å². The molecular formula is C20H20N6S. The molecule has 0 fully saturated rings. The zero-order chi connectivity index (χ0) is 18.6. The van der Waals surface area contributed by atoms with Crippen LogP contribution < -0.4 is 16.8 Å². The van der Waals surface area contributed by atoms with E-state index in [0.29, 0.717) is 12.4 Å². The largest absolute Gasteiger partial charge is 0.383 e. The summed E-state index contributed by atoms with van der Waals surface area (Å²) in [6, 6.07) is 18.4. The van der Waals surface area contributed by atoms with E-state index >= 15 is 0 Å². The van der Waals surface area contributed by atoms with Crippen LogP contribution in [-0.4, -0.2) is 27.8 Å². The van der Waals surface area contributed by atoms with Gasteiger partial charge in [-0.05, 0) is 35.6 Å². The van der Waals surface area contributed by atoms with Crippen molar-refractivity contribution in [2.45, 2.75) is 12.5 Å². The second-order valence-corrected chi connectivity index (χ2v) is 7.29. The van der Waals surface area contributed by atoms with Gasteiger partial charge in [0.1, 0.15) is 10.8 Å². The molecule has 0 aliphatic rings. The molecule has 136 valence electrons. The summed E-state index contributed by atoms with van der Waals surface area (Å²) in [5.74, 6) is 0.533. The standard InChI is InChI=1S/C20H20N6S/c21-12-16(10-13-4-2-1-3-5-13)24-20-26-25-19(27-20)15-6-7-17-14(11-15)8-9-23-18(17)22/h1-9,11,16H,10,12,21H2,(H2,22,23)(H,24,26). The van der Waals surface area contributed by atoms with Gasteiger partial charge < -0.3 is 16.8 Å². The van der Waals surface area contributed by atoms with Gasteiger partial charge in [0.2, 0.25) is 5.13 Å². The molecule has 0 aliphatic carbocycles. The highest BCUT2D eigenvalue weighted by molar-refractivity contribution is 7.18. The first-order chi connectivity index (χ1) is 13.2. The van der Waals surface area contributed by atoms with Crippen molar-refractivity contribution in [2.75, 3.05) is 17.6 Å². The quantitative estimate of drug-likeness (QED) is 0.477. The van der Waals surface area contributed by atoms with Crippen molar-refractivity contribution in [1.82, 2.24) is 15.2 Å². The molecule has 1 unspecified atom stereocenters. The predicted octanol–water partition coefficient (Wildman–Crippen LogP) is 3.32. The van der Waals surface area contributed by atoms with E-state index in [-0.39, 0.29) is 6.04 Å². The second-order valence-electron chi connectivity index (χ2n) is 6.31. The summed E-state index contributed by atoms with van der Waals surface area (Å²) in [5, 5.41) is 15.6. The molecule has 2 heterocycles. The third-order valence-electron chi connectivity index (χ3n) is 4.40. The zero-order valence-electron chi connectivity index (χ0n) is 14.7. The van der Waals surface area contributed by atoms with E-state index in [1.54, 1.807) is 6.20 Å². The minimum atomic E-state index is 0.107. The summed E-state index contributed by atoms with van der Waals surface area (Å²) >= 11 is 1.52. The molecule has 0 radical (unpaired) electrons. The second kappa shape index (κ2) is 7.69. The van der Waals surface area contributed by atoms with Crippen molar-refractivity contribution >= 4 is 33.1 Å². The first kappa shape index (κ1) is 17.4. The van der Waals surface area contributed by atoms with Gasteiger partial charge in [-0.1, -0.05) is 47.7 Å². The van der Waals surface area contributed by atoms with Crippen LogP contribution in [0.5, 0.6) is 0 Å². The number of pyridine rings is 1. The van der Waals surface area contributed by atoms with Crippen molar-refractivity contribution in [3.05, 3.63) is 66.4 Å². The van der Waals surface area contributed by atoms with Crippen LogP contribution in [0.25, 0.3) is 21.3 Å². The number of benzene rings is 2. The van der Waals surface area contributed by atoms with Crippen molar-refractivity contribution < 1.29 is 0 Å². The lowest BCUT2D eigenvalue weighted by Gasteiger charge is -2.15. The summed E-state index contributed by atoms with van der Waals surface area (Å²) in [6.45, 7) is 0.520. The average molecular weight is 376 g/mol. The molecule has 0 saturated carbocycles. The minimum Gasteiger partial charge on any atom is -0.383 e. The highest BCUT2D eigenvalue weighted by atomic mass is 32.1. The number of rotatable bonds is 6. The average Bonchev–Trinajstić information content (AvgIpc) is 3.17. The van der Waals surface area contributed by atoms with Gasteiger partial charge in [0, 0.05) is 29.7 Å². The lowest BCUT2D eigenvalue weighted by Crippen LogP contribution is -2.30. The first-order valence-corrected chi connectivity index (χ1v) is 9.53. The van der Waals surface area contributed by atoms with Gasteiger partial charge >= 0.3 is 0 Å². The van der Waals surface area contributed by atoms with E-state index < -0.39 is 0 Å². The van der Waals surface area contributed by atoms with Gasteiger partial charge in [0.05, 0.1) is 0 Å². The van der Waals surface area contributed by atoms with Crippen LogP contribution in [0.15, 0.2) is 60.8 Å². The Kier molecular flexibility index (Phi) is 4.95. The van der Waals surface area contributed by atoms with Crippen LogP contribution in [-0.2, 0) is 6.42 Å². The molecule has 4 rings (SSSR count). The number of anilines is 2. The fourth-order valence-corrected chi connectivity index (χ4v) is 3.82. The molecule has 0 saturated heterocycles. The Labute approximate surface area is 161 Å². The number of fused-ring (bicyclic) bond motifs is 1. The van der Waals surface area contributed by atoms with E-state index in [4.69, 9.17) is 11.5 Å². The molecule has 2 aromatic carbocycles. The molecule has 6 nitrogen and oxygen atoms in total. The van der Waals surface area contributed by atoms with E-state index in [9.17, 15) is 0 Å². The summed E-state index contributed by atoms with van der Waals surface area (Å²) < 4.78 is 0. The van der Waals surface area contributed by atoms with Gasteiger partial charge in [-0.25, -0.2) is 4.98 Å². The Bertz CT molecular complexity index is 1050. The van der Waals surface area contributed by atoms with Crippen LogP contribution in [0.3, 0.4) is 0 Å². The first-order valence-electron chi connectivity index (χ1n) is 8.71. The van der Waals surface area contributed by atoms with Crippen LogP contribution in [0.4, 0.5) is 10.9 Å². The number of nitrogens with zero attached hydrogens (tertiary/aromatic N) is 3. The number of hydrogen-bond acceptors (Lipinski definition) is 7. The fourth-order valence-electron chi connectivity index (χ4n) is 3.00. The maximum atomic E-state index is 5.94. The Morgan fingerprint density at radius 3 is 2.70 bits per heavy atom. The Balaban J connectivity index is 1.52. The topological polar surface area (TPSA) is 103 Å². The van der Waals surface area contributed by atoms with Gasteiger partial charge in [0.15, 0.2) is 0 Å². The summed E-state index contributed by atoms with van der Waals surface area (Å²) in [5.41, 5.74) is 14.1. The lowest BCUT2D eigenvalue weighted by atomic mass is 10.1. The van der Waals surface area contributed by atoms with E-state index in [0.717, 1.165) is 32.9 Å². The highest BCUT2D eigenvalue weighted by Gasteiger charge is 2.13. The molecule has 7 heteroatoms.